The van der Waals surface area contributed by atoms with Crippen molar-refractivity contribution >= 4 is 21.8 Å². The molecular weight excluding hydrogens is 703 g/mol. The minimum Gasteiger partial charge on any atom is -0.309 e. The molecule has 8 aromatic carbocycles. The summed E-state index contributed by atoms with van der Waals surface area (Å²) < 4.78 is 2.39. The SMILES string of the molecule is Cc1cc(-c2ccc3c4ccccc4n(-c4ccccc4)c3c2)ccc1-c1ccccc1CCc1cccc(-c2nc(-c3ccccc3)cc(-c3ccccc3)n2)c1. The Bertz CT molecular complexity index is 3000. The highest BCUT2D eigenvalue weighted by Crippen LogP contribution is 2.37. The van der Waals surface area contributed by atoms with Crippen LogP contribution < -0.4 is 0 Å². The Morgan fingerprint density at radius 1 is 0.397 bits per heavy atom. The summed E-state index contributed by atoms with van der Waals surface area (Å²) in [6.07, 6.45) is 1.82. The van der Waals surface area contributed by atoms with E-state index in [9.17, 15) is 0 Å². The van der Waals surface area contributed by atoms with Crippen molar-refractivity contribution < 1.29 is 0 Å². The second-order valence-corrected chi connectivity index (χ2v) is 15.0. The number of hydrogen-bond acceptors (Lipinski definition) is 2. The third kappa shape index (κ3) is 6.78. The fraction of sp³-hybridized carbons (Fsp3) is 0.0545. The monoisotopic (exact) mass is 743 g/mol. The van der Waals surface area contributed by atoms with Crippen molar-refractivity contribution in [1.29, 1.82) is 0 Å². The second kappa shape index (κ2) is 15.3. The van der Waals surface area contributed by atoms with Gasteiger partial charge in [0, 0.05) is 33.2 Å². The summed E-state index contributed by atoms with van der Waals surface area (Å²) in [6.45, 7) is 2.24. The van der Waals surface area contributed by atoms with Crippen LogP contribution in [-0.4, -0.2) is 14.5 Å². The lowest BCUT2D eigenvalue weighted by Crippen LogP contribution is -1.98. The standard InChI is InChI=1S/C55H41N3/c1-38-34-43(44-31-33-50-49-26-13-14-27-53(49)58(54(50)36-44)46-23-9-4-10-24-46)30-32-47(38)48-25-12-11-17-40(48)29-28-39-16-15-22-45(35-39)55-56-51(41-18-5-2-6-19-41)37-52(57-55)42-20-7-3-8-21-42/h2-27,30-37H,28-29H2,1H3. The Balaban J connectivity index is 0.940. The second-order valence-electron chi connectivity index (χ2n) is 15.0. The molecule has 276 valence electrons. The van der Waals surface area contributed by atoms with Gasteiger partial charge in [0.2, 0.25) is 0 Å². The summed E-state index contributed by atoms with van der Waals surface area (Å²) in [5, 5.41) is 2.53. The average Bonchev–Trinajstić information content (AvgIpc) is 3.63. The summed E-state index contributed by atoms with van der Waals surface area (Å²) >= 11 is 0. The summed E-state index contributed by atoms with van der Waals surface area (Å²) in [5.74, 6) is 0.735. The molecule has 10 aromatic rings. The topological polar surface area (TPSA) is 30.7 Å². The van der Waals surface area contributed by atoms with E-state index >= 15 is 0 Å². The molecule has 0 aliphatic carbocycles. The lowest BCUT2D eigenvalue weighted by Gasteiger charge is -2.15. The van der Waals surface area contributed by atoms with E-state index in [2.05, 4.69) is 206 Å². The van der Waals surface area contributed by atoms with E-state index in [4.69, 9.17) is 9.97 Å². The van der Waals surface area contributed by atoms with E-state index in [1.165, 1.54) is 66.4 Å². The summed E-state index contributed by atoms with van der Waals surface area (Å²) in [4.78, 5) is 10.2. The van der Waals surface area contributed by atoms with E-state index in [0.717, 1.165) is 46.7 Å². The summed E-state index contributed by atoms with van der Waals surface area (Å²) in [5.41, 5.74) is 17.5. The van der Waals surface area contributed by atoms with Crippen molar-refractivity contribution in [3.8, 4) is 61.8 Å². The number of aromatic nitrogens is 3. The van der Waals surface area contributed by atoms with Gasteiger partial charge in [-0.1, -0.05) is 170 Å². The van der Waals surface area contributed by atoms with E-state index in [-0.39, 0.29) is 0 Å². The Morgan fingerprint density at radius 2 is 1.00 bits per heavy atom. The summed E-state index contributed by atoms with van der Waals surface area (Å²) in [7, 11) is 0. The van der Waals surface area contributed by atoms with Crippen LogP contribution in [0, 0.1) is 6.92 Å². The Morgan fingerprint density at radius 3 is 1.74 bits per heavy atom. The number of benzene rings is 8. The maximum absolute atomic E-state index is 5.08. The van der Waals surface area contributed by atoms with Gasteiger partial charge in [-0.15, -0.1) is 0 Å². The van der Waals surface area contributed by atoms with Gasteiger partial charge in [-0.2, -0.15) is 0 Å². The number of para-hydroxylation sites is 2. The van der Waals surface area contributed by atoms with Gasteiger partial charge in [0.1, 0.15) is 0 Å². The summed E-state index contributed by atoms with van der Waals surface area (Å²) in [6, 6.07) is 73.6. The molecule has 0 radical (unpaired) electrons. The molecule has 3 nitrogen and oxygen atoms in total. The van der Waals surface area contributed by atoms with E-state index in [1.807, 2.05) is 12.1 Å². The zero-order valence-electron chi connectivity index (χ0n) is 32.4. The van der Waals surface area contributed by atoms with Crippen LogP contribution in [-0.2, 0) is 12.8 Å². The van der Waals surface area contributed by atoms with Crippen molar-refractivity contribution in [2.24, 2.45) is 0 Å². The maximum atomic E-state index is 5.08. The number of fused-ring (bicyclic) bond motifs is 3. The van der Waals surface area contributed by atoms with E-state index < -0.39 is 0 Å². The Hall–Kier alpha value is -7.36. The van der Waals surface area contributed by atoms with Crippen LogP contribution in [0.5, 0.6) is 0 Å². The van der Waals surface area contributed by atoms with Crippen molar-refractivity contribution in [2.75, 3.05) is 0 Å². The highest BCUT2D eigenvalue weighted by molar-refractivity contribution is 6.10. The van der Waals surface area contributed by atoms with Gasteiger partial charge in [0.05, 0.1) is 22.4 Å². The predicted molar refractivity (Wildman–Crippen MR) is 242 cm³/mol. The van der Waals surface area contributed by atoms with Gasteiger partial charge >= 0.3 is 0 Å². The van der Waals surface area contributed by atoms with Crippen molar-refractivity contribution in [3.63, 3.8) is 0 Å². The van der Waals surface area contributed by atoms with Crippen LogP contribution in [0.25, 0.3) is 83.6 Å². The molecule has 0 atom stereocenters. The van der Waals surface area contributed by atoms with E-state index in [1.54, 1.807) is 0 Å². The quantitative estimate of drug-likeness (QED) is 0.147. The minimum absolute atomic E-state index is 0.735. The highest BCUT2D eigenvalue weighted by Gasteiger charge is 2.15. The van der Waals surface area contributed by atoms with Gasteiger partial charge in [-0.05, 0) is 95.1 Å². The van der Waals surface area contributed by atoms with E-state index in [0.29, 0.717) is 0 Å². The van der Waals surface area contributed by atoms with Crippen LogP contribution in [0.15, 0.2) is 206 Å². The molecule has 0 saturated heterocycles. The first-order valence-electron chi connectivity index (χ1n) is 20.0. The van der Waals surface area contributed by atoms with Crippen LogP contribution in [0.3, 0.4) is 0 Å². The molecule has 0 N–H and O–H groups in total. The van der Waals surface area contributed by atoms with Gasteiger partial charge < -0.3 is 4.57 Å². The molecule has 3 heteroatoms. The zero-order valence-corrected chi connectivity index (χ0v) is 32.4. The average molecular weight is 744 g/mol. The largest absolute Gasteiger partial charge is 0.309 e. The van der Waals surface area contributed by atoms with Crippen LogP contribution in [0.4, 0.5) is 0 Å². The molecule has 2 aromatic heterocycles. The number of aryl methyl sites for hydroxylation is 3. The molecule has 0 saturated carbocycles. The first-order valence-corrected chi connectivity index (χ1v) is 20.0. The molecule has 10 rings (SSSR count). The lowest BCUT2D eigenvalue weighted by atomic mass is 9.90. The number of rotatable bonds is 9. The van der Waals surface area contributed by atoms with Crippen molar-refractivity contribution in [2.45, 2.75) is 19.8 Å². The Kier molecular flexibility index (Phi) is 9.25. The zero-order chi connectivity index (χ0) is 38.8. The number of hydrogen-bond donors (Lipinski definition) is 0. The van der Waals surface area contributed by atoms with Gasteiger partial charge in [-0.3, -0.25) is 0 Å². The molecule has 0 spiro atoms. The fourth-order valence-electron chi connectivity index (χ4n) is 8.39. The molecule has 0 amide bonds. The molecule has 0 unspecified atom stereocenters. The third-order valence-electron chi connectivity index (χ3n) is 11.3. The first kappa shape index (κ1) is 35.1. The van der Waals surface area contributed by atoms with Crippen molar-refractivity contribution in [1.82, 2.24) is 14.5 Å². The Labute approximate surface area is 339 Å². The molecule has 58 heavy (non-hydrogen) atoms. The van der Waals surface area contributed by atoms with Gasteiger partial charge in [0.15, 0.2) is 5.82 Å². The van der Waals surface area contributed by atoms with Crippen LogP contribution >= 0.6 is 0 Å². The predicted octanol–water partition coefficient (Wildman–Crippen LogP) is 14.0. The maximum Gasteiger partial charge on any atom is 0.160 e. The van der Waals surface area contributed by atoms with Crippen molar-refractivity contribution in [3.05, 3.63) is 223 Å². The first-order chi connectivity index (χ1) is 28.7. The molecule has 0 aliphatic rings. The molecular formula is C55H41N3. The lowest BCUT2D eigenvalue weighted by molar-refractivity contribution is 0.961. The molecule has 0 bridgehead atoms. The smallest absolute Gasteiger partial charge is 0.160 e. The van der Waals surface area contributed by atoms with Gasteiger partial charge in [0.25, 0.3) is 0 Å². The fourth-order valence-corrected chi connectivity index (χ4v) is 8.39. The molecule has 0 aliphatic heterocycles. The van der Waals surface area contributed by atoms with Crippen LogP contribution in [0.2, 0.25) is 0 Å². The van der Waals surface area contributed by atoms with Crippen LogP contribution in [0.1, 0.15) is 16.7 Å². The third-order valence-corrected chi connectivity index (χ3v) is 11.3. The molecule has 0 fully saturated rings. The number of nitrogens with zero attached hydrogens (tertiary/aromatic N) is 3. The minimum atomic E-state index is 0.735. The molecule has 2 heterocycles. The normalized spacial score (nSPS) is 11.3. The van der Waals surface area contributed by atoms with Gasteiger partial charge in [-0.25, -0.2) is 9.97 Å². The highest BCUT2D eigenvalue weighted by atomic mass is 15.0.